The molecule has 0 radical (unpaired) electrons. The van der Waals surface area contributed by atoms with Crippen molar-refractivity contribution in [3.63, 3.8) is 0 Å². The monoisotopic (exact) mass is 294 g/mol. The van der Waals surface area contributed by atoms with Crippen molar-refractivity contribution in [2.24, 2.45) is 7.05 Å². The molecule has 5 heteroatoms. The zero-order valence-corrected chi connectivity index (χ0v) is 12.9. The molecular formula is C15H19ClN2O2. The van der Waals surface area contributed by atoms with Gasteiger partial charge in [0, 0.05) is 12.6 Å². The van der Waals surface area contributed by atoms with Crippen molar-refractivity contribution >= 4 is 11.6 Å². The van der Waals surface area contributed by atoms with Crippen molar-refractivity contribution in [2.75, 3.05) is 0 Å². The first-order valence-corrected chi connectivity index (χ1v) is 6.87. The number of aliphatic hydroxyl groups is 1. The first-order chi connectivity index (χ1) is 9.40. The van der Waals surface area contributed by atoms with Crippen LogP contribution in [0.1, 0.15) is 35.5 Å². The molecule has 0 saturated carbocycles. The number of aliphatic hydroxyl groups excluding tert-OH is 1. The molecule has 0 bridgehead atoms. The lowest BCUT2D eigenvalue weighted by molar-refractivity contribution is 0.189. The summed E-state index contributed by atoms with van der Waals surface area (Å²) in [5, 5.41) is 14.7. The minimum Gasteiger partial charge on any atom is -0.487 e. The summed E-state index contributed by atoms with van der Waals surface area (Å²) < 4.78 is 7.53. The van der Waals surface area contributed by atoms with Gasteiger partial charge in [0.1, 0.15) is 12.4 Å². The van der Waals surface area contributed by atoms with Gasteiger partial charge in [0.05, 0.1) is 22.5 Å². The van der Waals surface area contributed by atoms with Gasteiger partial charge in [-0.05, 0) is 32.9 Å². The van der Waals surface area contributed by atoms with E-state index in [1.165, 1.54) is 0 Å². The minimum atomic E-state index is -0.575. The first-order valence-electron chi connectivity index (χ1n) is 6.49. The van der Waals surface area contributed by atoms with Gasteiger partial charge >= 0.3 is 0 Å². The van der Waals surface area contributed by atoms with Gasteiger partial charge in [-0.3, -0.25) is 4.68 Å². The van der Waals surface area contributed by atoms with Crippen LogP contribution < -0.4 is 4.74 Å². The number of aryl methyl sites for hydroxylation is 3. The molecule has 0 unspecified atom stereocenters. The number of benzene rings is 1. The fourth-order valence-corrected chi connectivity index (χ4v) is 2.32. The van der Waals surface area contributed by atoms with Crippen LogP contribution in [0.5, 0.6) is 5.75 Å². The SMILES string of the molecule is Cc1ccc(OCc2c(Cl)c(C)nn2C)c([C@@H](C)O)c1. The summed E-state index contributed by atoms with van der Waals surface area (Å²) in [6.45, 7) is 5.89. The van der Waals surface area contributed by atoms with Crippen molar-refractivity contribution in [1.82, 2.24) is 9.78 Å². The summed E-state index contributed by atoms with van der Waals surface area (Å²) in [5.74, 6) is 0.667. The third kappa shape index (κ3) is 2.97. The van der Waals surface area contributed by atoms with Gasteiger partial charge in [-0.15, -0.1) is 0 Å². The van der Waals surface area contributed by atoms with Crippen LogP contribution in [0.4, 0.5) is 0 Å². The average Bonchev–Trinajstić information content (AvgIpc) is 2.62. The van der Waals surface area contributed by atoms with Crippen LogP contribution in [0.25, 0.3) is 0 Å². The van der Waals surface area contributed by atoms with E-state index in [0.717, 1.165) is 22.5 Å². The fraction of sp³-hybridized carbons (Fsp3) is 0.400. The second-order valence-corrected chi connectivity index (χ2v) is 5.35. The highest BCUT2D eigenvalue weighted by atomic mass is 35.5. The summed E-state index contributed by atoms with van der Waals surface area (Å²) in [5.41, 5.74) is 3.47. The largest absolute Gasteiger partial charge is 0.487 e. The molecule has 1 aromatic carbocycles. The van der Waals surface area contributed by atoms with E-state index in [1.54, 1.807) is 11.6 Å². The summed E-state index contributed by atoms with van der Waals surface area (Å²) in [6, 6.07) is 5.75. The van der Waals surface area contributed by atoms with Crippen molar-refractivity contribution in [1.29, 1.82) is 0 Å². The normalized spacial score (nSPS) is 12.5. The zero-order chi connectivity index (χ0) is 14.9. The number of aromatic nitrogens is 2. The molecule has 0 aliphatic carbocycles. The third-order valence-electron chi connectivity index (χ3n) is 3.24. The molecule has 0 saturated heterocycles. The van der Waals surface area contributed by atoms with Crippen molar-refractivity contribution in [3.05, 3.63) is 45.7 Å². The van der Waals surface area contributed by atoms with E-state index >= 15 is 0 Å². The molecule has 1 heterocycles. The quantitative estimate of drug-likeness (QED) is 0.941. The standard InChI is InChI=1S/C15H19ClN2O2/c1-9-5-6-14(12(7-9)11(3)19)20-8-13-15(16)10(2)17-18(13)4/h5-7,11,19H,8H2,1-4H3/t11-/m1/s1. The topological polar surface area (TPSA) is 47.3 Å². The third-order valence-corrected chi connectivity index (χ3v) is 3.73. The van der Waals surface area contributed by atoms with E-state index in [4.69, 9.17) is 16.3 Å². The maximum absolute atomic E-state index is 9.82. The summed E-state index contributed by atoms with van der Waals surface area (Å²) in [7, 11) is 1.84. The highest BCUT2D eigenvalue weighted by Gasteiger charge is 2.14. The lowest BCUT2D eigenvalue weighted by atomic mass is 10.1. The Hall–Kier alpha value is -1.52. The average molecular weight is 295 g/mol. The fourth-order valence-electron chi connectivity index (χ4n) is 2.11. The Morgan fingerprint density at radius 1 is 1.40 bits per heavy atom. The van der Waals surface area contributed by atoms with Gasteiger partial charge in [-0.25, -0.2) is 0 Å². The Morgan fingerprint density at radius 2 is 2.10 bits per heavy atom. The first kappa shape index (κ1) is 14.9. The summed E-state index contributed by atoms with van der Waals surface area (Å²) >= 11 is 6.20. The molecule has 20 heavy (non-hydrogen) atoms. The van der Waals surface area contributed by atoms with E-state index in [-0.39, 0.29) is 0 Å². The van der Waals surface area contributed by atoms with E-state index < -0.39 is 6.10 Å². The maximum Gasteiger partial charge on any atom is 0.131 e. The van der Waals surface area contributed by atoms with Gasteiger partial charge in [-0.2, -0.15) is 5.10 Å². The highest BCUT2D eigenvalue weighted by molar-refractivity contribution is 6.31. The van der Waals surface area contributed by atoms with E-state index in [9.17, 15) is 5.11 Å². The molecule has 0 amide bonds. The van der Waals surface area contributed by atoms with Crippen LogP contribution in [0, 0.1) is 13.8 Å². The van der Waals surface area contributed by atoms with E-state index in [1.807, 2.05) is 39.1 Å². The molecule has 1 atom stereocenters. The van der Waals surface area contributed by atoms with Crippen molar-refractivity contribution in [3.8, 4) is 5.75 Å². The molecule has 2 aromatic rings. The lowest BCUT2D eigenvalue weighted by Crippen LogP contribution is -2.06. The predicted octanol–water partition coefficient (Wildman–Crippen LogP) is 3.32. The zero-order valence-electron chi connectivity index (χ0n) is 12.1. The van der Waals surface area contributed by atoms with Crippen LogP contribution in [0.15, 0.2) is 18.2 Å². The Balaban J connectivity index is 2.23. The Labute approximate surface area is 123 Å². The van der Waals surface area contributed by atoms with Crippen LogP contribution in [0.3, 0.4) is 0 Å². The van der Waals surface area contributed by atoms with Crippen LogP contribution >= 0.6 is 11.6 Å². The Kier molecular flexibility index (Phi) is 4.35. The minimum absolute atomic E-state index is 0.318. The Bertz CT molecular complexity index is 621. The number of hydrogen-bond donors (Lipinski definition) is 1. The van der Waals surface area contributed by atoms with E-state index in [0.29, 0.717) is 17.4 Å². The molecule has 108 valence electrons. The van der Waals surface area contributed by atoms with Gasteiger partial charge in [0.2, 0.25) is 0 Å². The molecule has 0 aliphatic heterocycles. The second kappa shape index (κ2) is 5.85. The van der Waals surface area contributed by atoms with Gasteiger partial charge in [-0.1, -0.05) is 23.2 Å². The molecule has 0 fully saturated rings. The Morgan fingerprint density at radius 3 is 2.65 bits per heavy atom. The van der Waals surface area contributed by atoms with Gasteiger partial charge in [0.25, 0.3) is 0 Å². The number of nitrogens with zero attached hydrogens (tertiary/aromatic N) is 2. The van der Waals surface area contributed by atoms with Crippen LogP contribution in [-0.2, 0) is 13.7 Å². The summed E-state index contributed by atoms with van der Waals surface area (Å²) in [6.07, 6.45) is -0.575. The van der Waals surface area contributed by atoms with Crippen LogP contribution in [-0.4, -0.2) is 14.9 Å². The molecular weight excluding hydrogens is 276 g/mol. The smallest absolute Gasteiger partial charge is 0.131 e. The maximum atomic E-state index is 9.82. The number of hydrogen-bond acceptors (Lipinski definition) is 3. The molecule has 2 rings (SSSR count). The lowest BCUT2D eigenvalue weighted by Gasteiger charge is -2.14. The number of halogens is 1. The second-order valence-electron chi connectivity index (χ2n) is 4.98. The highest BCUT2D eigenvalue weighted by Crippen LogP contribution is 2.28. The number of rotatable bonds is 4. The van der Waals surface area contributed by atoms with E-state index in [2.05, 4.69) is 5.10 Å². The predicted molar refractivity (Wildman–Crippen MR) is 79.1 cm³/mol. The summed E-state index contributed by atoms with van der Waals surface area (Å²) in [4.78, 5) is 0. The number of ether oxygens (including phenoxy) is 1. The molecule has 4 nitrogen and oxygen atoms in total. The molecule has 1 aromatic heterocycles. The van der Waals surface area contributed by atoms with Crippen molar-refractivity contribution < 1.29 is 9.84 Å². The van der Waals surface area contributed by atoms with Gasteiger partial charge < -0.3 is 9.84 Å². The van der Waals surface area contributed by atoms with Crippen molar-refractivity contribution in [2.45, 2.75) is 33.5 Å². The molecule has 0 spiro atoms. The molecule has 0 aliphatic rings. The molecule has 1 N–H and O–H groups in total. The van der Waals surface area contributed by atoms with Crippen LogP contribution in [0.2, 0.25) is 5.02 Å². The van der Waals surface area contributed by atoms with Gasteiger partial charge in [0.15, 0.2) is 0 Å².